The Morgan fingerprint density at radius 3 is 2.11 bits per heavy atom. The van der Waals surface area contributed by atoms with Crippen molar-refractivity contribution in [2.45, 2.75) is 11.8 Å². The monoisotopic (exact) mass is 510 g/mol. The molecule has 1 aliphatic rings. The van der Waals surface area contributed by atoms with Gasteiger partial charge in [-0.3, -0.25) is 0 Å². The molecule has 0 radical (unpaired) electrons. The topological polar surface area (TPSA) is 61.8 Å². The van der Waals surface area contributed by atoms with Crippen LogP contribution in [0.3, 0.4) is 0 Å². The molecular formula is C21H19IO5S. The molecule has 0 saturated carbocycles. The van der Waals surface area contributed by atoms with Gasteiger partial charge >= 0.3 is 173 Å². The van der Waals surface area contributed by atoms with Crippen LogP contribution in [0.25, 0.3) is 11.1 Å². The molecular weight excluding hydrogens is 491 g/mol. The van der Waals surface area contributed by atoms with Crippen molar-refractivity contribution in [3.05, 3.63) is 73.4 Å². The van der Waals surface area contributed by atoms with E-state index in [9.17, 15) is 8.42 Å². The molecule has 0 aromatic heterocycles. The van der Waals surface area contributed by atoms with E-state index in [0.717, 1.165) is 23.8 Å². The van der Waals surface area contributed by atoms with Gasteiger partial charge in [0.05, 0.1) is 0 Å². The van der Waals surface area contributed by atoms with Crippen molar-refractivity contribution in [1.29, 1.82) is 0 Å². The van der Waals surface area contributed by atoms with Gasteiger partial charge in [0.1, 0.15) is 0 Å². The first-order valence-electron chi connectivity index (χ1n) is 8.51. The van der Waals surface area contributed by atoms with Gasteiger partial charge < -0.3 is 0 Å². The molecule has 0 bridgehead atoms. The van der Waals surface area contributed by atoms with Crippen molar-refractivity contribution in [1.82, 2.24) is 0 Å². The predicted octanol–water partition coefficient (Wildman–Crippen LogP) is 4.86. The Balaban J connectivity index is 1.83. The number of hydrogen-bond acceptors (Lipinski definition) is 5. The summed E-state index contributed by atoms with van der Waals surface area (Å²) >= 11 is -2.70. The molecule has 0 amide bonds. The fourth-order valence-electron chi connectivity index (χ4n) is 3.03. The fourth-order valence-corrected chi connectivity index (χ4v) is 10.8. The quantitative estimate of drug-likeness (QED) is 0.459. The second kappa shape index (κ2) is 7.38. The third-order valence-corrected chi connectivity index (χ3v) is 12.0. The molecule has 5 nitrogen and oxygen atoms in total. The van der Waals surface area contributed by atoms with E-state index in [2.05, 4.69) is 0 Å². The van der Waals surface area contributed by atoms with Crippen LogP contribution in [-0.4, -0.2) is 22.6 Å². The molecule has 0 unspecified atom stereocenters. The molecule has 0 saturated heterocycles. The van der Waals surface area contributed by atoms with E-state index >= 15 is 0 Å². The maximum atomic E-state index is 13.0. The molecule has 0 spiro atoms. The van der Waals surface area contributed by atoms with E-state index in [1.165, 1.54) is 0 Å². The van der Waals surface area contributed by atoms with Crippen molar-refractivity contribution >= 4 is 30.4 Å². The summed E-state index contributed by atoms with van der Waals surface area (Å²) in [5.74, 6) is 1.17. The number of fused-ring (bicyclic) bond motifs is 3. The zero-order chi connectivity index (χ0) is 19.9. The van der Waals surface area contributed by atoms with Gasteiger partial charge in [-0.2, -0.15) is 0 Å². The molecule has 146 valence electrons. The molecule has 3 aromatic carbocycles. The van der Waals surface area contributed by atoms with Crippen LogP contribution < -0.4 is 9.47 Å². The summed E-state index contributed by atoms with van der Waals surface area (Å²) in [5, 5.41) is 0. The van der Waals surface area contributed by atoms with Crippen LogP contribution in [0.4, 0.5) is 0 Å². The number of methoxy groups -OCH3 is 2. The maximum absolute atomic E-state index is 13.0. The van der Waals surface area contributed by atoms with Gasteiger partial charge in [0, 0.05) is 0 Å². The summed E-state index contributed by atoms with van der Waals surface area (Å²) in [5.41, 5.74) is 2.92. The Morgan fingerprint density at radius 1 is 0.786 bits per heavy atom. The fraction of sp³-hybridized carbons (Fsp3) is 0.143. The minimum atomic E-state index is -3.88. The summed E-state index contributed by atoms with van der Waals surface area (Å²) in [6, 6.07) is 18.2. The van der Waals surface area contributed by atoms with Gasteiger partial charge in [-0.25, -0.2) is 0 Å². The zero-order valence-corrected chi connectivity index (χ0v) is 18.6. The standard InChI is InChI=1S/C21H19IO5S/c1-14-8-10-15(11-9-14)28(23,24)27-22-18-7-5-4-6-16(18)17-12-20(25-2)21(26-3)13-19(17)22/h4-13H,1-3H3. The molecule has 0 atom stereocenters. The van der Waals surface area contributed by atoms with Gasteiger partial charge in [-0.15, -0.1) is 0 Å². The molecule has 4 rings (SSSR count). The second-order valence-electron chi connectivity index (χ2n) is 6.25. The molecule has 0 fully saturated rings. The molecule has 3 aromatic rings. The first-order valence-corrected chi connectivity index (χ1v) is 13.0. The van der Waals surface area contributed by atoms with Gasteiger partial charge in [-0.1, -0.05) is 0 Å². The number of rotatable bonds is 5. The van der Waals surface area contributed by atoms with Crippen molar-refractivity contribution in [2.24, 2.45) is 0 Å². The second-order valence-corrected chi connectivity index (χ2v) is 12.6. The molecule has 1 aliphatic heterocycles. The van der Waals surface area contributed by atoms with Crippen LogP contribution in [0.2, 0.25) is 0 Å². The SMILES string of the molecule is COc1cc2c(cc1OC)I(OS(=O)(=O)c1ccc(C)cc1)c1ccccc1-2. The Bertz CT molecular complexity index is 1140. The van der Waals surface area contributed by atoms with Crippen LogP contribution in [0.5, 0.6) is 11.5 Å². The van der Waals surface area contributed by atoms with E-state index in [-0.39, 0.29) is 4.90 Å². The number of halogens is 1. The Labute approximate surface area is 172 Å². The first-order chi connectivity index (χ1) is 13.4. The normalized spacial score (nSPS) is 13.8. The Kier molecular flexibility index (Phi) is 5.07. The van der Waals surface area contributed by atoms with Crippen LogP contribution in [-0.2, 0) is 12.6 Å². The van der Waals surface area contributed by atoms with E-state index in [0.29, 0.717) is 11.5 Å². The van der Waals surface area contributed by atoms with E-state index in [1.807, 2.05) is 43.3 Å². The van der Waals surface area contributed by atoms with Crippen molar-refractivity contribution in [3.8, 4) is 22.6 Å². The first kappa shape index (κ1) is 19.2. The summed E-state index contributed by atoms with van der Waals surface area (Å²) in [4.78, 5) is 0.168. The number of aryl methyl sites for hydroxylation is 1. The number of hydrogen-bond donors (Lipinski definition) is 0. The van der Waals surface area contributed by atoms with Crippen molar-refractivity contribution < 1.29 is 20.4 Å². The van der Waals surface area contributed by atoms with Gasteiger partial charge in [0.2, 0.25) is 0 Å². The molecule has 1 heterocycles. The number of benzene rings is 3. The summed E-state index contributed by atoms with van der Waals surface area (Å²) in [6.45, 7) is 1.91. The van der Waals surface area contributed by atoms with Crippen LogP contribution in [0, 0.1) is 14.1 Å². The molecule has 7 heteroatoms. The van der Waals surface area contributed by atoms with Crippen LogP contribution >= 0.6 is 20.2 Å². The van der Waals surface area contributed by atoms with Crippen molar-refractivity contribution in [3.63, 3.8) is 0 Å². The number of ether oxygens (including phenoxy) is 2. The van der Waals surface area contributed by atoms with E-state index in [1.54, 1.807) is 38.5 Å². The Hall–Kier alpha value is -2.10. The molecule has 0 aliphatic carbocycles. The minimum absolute atomic E-state index is 0.168. The molecule has 28 heavy (non-hydrogen) atoms. The molecule has 0 N–H and O–H groups in total. The van der Waals surface area contributed by atoms with E-state index < -0.39 is 30.4 Å². The third-order valence-electron chi connectivity index (χ3n) is 4.46. The average Bonchev–Trinajstić information content (AvgIpc) is 3.00. The van der Waals surface area contributed by atoms with Crippen LogP contribution in [0.15, 0.2) is 65.6 Å². The van der Waals surface area contributed by atoms with Crippen LogP contribution in [0.1, 0.15) is 5.56 Å². The summed E-state index contributed by atoms with van der Waals surface area (Å²) in [7, 11) is -0.736. The van der Waals surface area contributed by atoms with Crippen molar-refractivity contribution in [2.75, 3.05) is 14.2 Å². The van der Waals surface area contributed by atoms with Gasteiger partial charge in [-0.05, 0) is 0 Å². The Morgan fingerprint density at radius 2 is 1.43 bits per heavy atom. The van der Waals surface area contributed by atoms with Gasteiger partial charge in [0.25, 0.3) is 0 Å². The van der Waals surface area contributed by atoms with Gasteiger partial charge in [0.15, 0.2) is 0 Å². The third kappa shape index (κ3) is 3.27. The van der Waals surface area contributed by atoms with E-state index in [4.69, 9.17) is 12.0 Å². The predicted molar refractivity (Wildman–Crippen MR) is 116 cm³/mol. The summed E-state index contributed by atoms with van der Waals surface area (Å²) < 4.78 is 44.5. The average molecular weight is 510 g/mol. The zero-order valence-electron chi connectivity index (χ0n) is 15.6. The summed E-state index contributed by atoms with van der Waals surface area (Å²) in [6.07, 6.45) is 0.